The first-order valence-corrected chi connectivity index (χ1v) is 11.4. The van der Waals surface area contributed by atoms with Crippen LogP contribution in [0.1, 0.15) is 36.0 Å². The van der Waals surface area contributed by atoms with E-state index in [1.54, 1.807) is 0 Å². The maximum Gasteiger partial charge on any atom is 0.254 e. The summed E-state index contributed by atoms with van der Waals surface area (Å²) in [5.74, 6) is 0.0495. The van der Waals surface area contributed by atoms with Crippen molar-refractivity contribution in [3.8, 4) is 11.1 Å². The van der Waals surface area contributed by atoms with Crippen molar-refractivity contribution in [2.45, 2.75) is 43.1 Å². The molecule has 2 saturated carbocycles. The summed E-state index contributed by atoms with van der Waals surface area (Å²) in [4.78, 5) is 21.7. The molecule has 2 heterocycles. The first-order chi connectivity index (χ1) is 15.4. The second-order valence-electron chi connectivity index (χ2n) is 9.77. The highest BCUT2D eigenvalue weighted by Gasteiger charge is 2.57. The van der Waals surface area contributed by atoms with Gasteiger partial charge in [-0.15, -0.1) is 0 Å². The Kier molecular flexibility index (Phi) is 4.28. The number of imidazole rings is 1. The summed E-state index contributed by atoms with van der Waals surface area (Å²) in [6.07, 6.45) is 4.19. The SMILES string of the molecule is Cn1cnc2cc(-c3ccc(C(=O)N4CCN(C(O)C5(O)CC5)CC45CC5)cc3)ccc21. The molecule has 6 rings (SSSR count). The molecule has 2 aromatic carbocycles. The second-order valence-corrected chi connectivity index (χ2v) is 9.77. The van der Waals surface area contributed by atoms with E-state index in [9.17, 15) is 15.0 Å². The number of aliphatic hydroxyl groups is 2. The predicted octanol–water partition coefficient (Wildman–Crippen LogP) is 2.37. The maximum atomic E-state index is 13.3. The van der Waals surface area contributed by atoms with Crippen LogP contribution in [0.4, 0.5) is 0 Å². The fourth-order valence-electron chi connectivity index (χ4n) is 5.11. The van der Waals surface area contributed by atoms with Gasteiger partial charge in [0.15, 0.2) is 0 Å². The van der Waals surface area contributed by atoms with E-state index in [2.05, 4.69) is 23.2 Å². The zero-order valence-electron chi connectivity index (χ0n) is 18.2. The molecule has 1 spiro atoms. The number of hydrogen-bond acceptors (Lipinski definition) is 5. The summed E-state index contributed by atoms with van der Waals surface area (Å²) in [6, 6.07) is 14.0. The van der Waals surface area contributed by atoms with E-state index < -0.39 is 11.8 Å². The first-order valence-electron chi connectivity index (χ1n) is 11.4. The lowest BCUT2D eigenvalue weighted by molar-refractivity contribution is -0.118. The van der Waals surface area contributed by atoms with Gasteiger partial charge in [-0.3, -0.25) is 9.69 Å². The van der Waals surface area contributed by atoms with E-state index in [4.69, 9.17) is 0 Å². The Balaban J connectivity index is 1.19. The lowest BCUT2D eigenvalue weighted by Gasteiger charge is -2.44. The number of aliphatic hydroxyl groups excluding tert-OH is 1. The van der Waals surface area contributed by atoms with Crippen molar-refractivity contribution >= 4 is 16.9 Å². The summed E-state index contributed by atoms with van der Waals surface area (Å²) < 4.78 is 2.00. The molecule has 0 bridgehead atoms. The Bertz CT molecular complexity index is 1190. The third-order valence-electron chi connectivity index (χ3n) is 7.53. The first kappa shape index (κ1) is 19.9. The third kappa shape index (κ3) is 3.15. The Morgan fingerprint density at radius 3 is 2.44 bits per heavy atom. The van der Waals surface area contributed by atoms with Crippen molar-refractivity contribution in [2.24, 2.45) is 7.05 Å². The van der Waals surface area contributed by atoms with Crippen molar-refractivity contribution in [1.82, 2.24) is 19.4 Å². The quantitative estimate of drug-likeness (QED) is 0.662. The van der Waals surface area contributed by atoms with Crippen LogP contribution in [0.5, 0.6) is 0 Å². The number of aromatic nitrogens is 2. The average Bonchev–Trinajstić information content (AvgIpc) is 3.73. The number of aryl methyl sites for hydroxylation is 1. The Labute approximate surface area is 186 Å². The molecule has 3 fully saturated rings. The van der Waals surface area contributed by atoms with Crippen LogP contribution in [0.3, 0.4) is 0 Å². The Hall–Kier alpha value is -2.74. The third-order valence-corrected chi connectivity index (χ3v) is 7.53. The highest BCUT2D eigenvalue weighted by Crippen LogP contribution is 2.47. The van der Waals surface area contributed by atoms with Crippen LogP contribution in [0, 0.1) is 0 Å². The summed E-state index contributed by atoms with van der Waals surface area (Å²) in [7, 11) is 1.98. The van der Waals surface area contributed by atoms with Gasteiger partial charge >= 0.3 is 0 Å². The van der Waals surface area contributed by atoms with Gasteiger partial charge in [-0.2, -0.15) is 0 Å². The molecule has 2 N–H and O–H groups in total. The molecular weight excluding hydrogens is 404 g/mol. The van der Waals surface area contributed by atoms with Gasteiger partial charge in [-0.25, -0.2) is 4.98 Å². The monoisotopic (exact) mass is 432 g/mol. The molecule has 1 atom stereocenters. The zero-order chi connectivity index (χ0) is 22.1. The standard InChI is InChI=1S/C25H28N4O3/c1-27-16-26-20-14-19(6-7-21(20)27)17-2-4-18(5-3-17)22(30)29-13-12-28(15-24(29)8-9-24)23(31)25(32)10-11-25/h2-7,14,16,23,31-32H,8-13,15H2,1H3. The van der Waals surface area contributed by atoms with Crippen molar-refractivity contribution in [3.63, 3.8) is 0 Å². The lowest BCUT2D eigenvalue weighted by atomic mass is 10.0. The minimum Gasteiger partial charge on any atom is -0.386 e. The molecule has 2 aliphatic carbocycles. The van der Waals surface area contributed by atoms with Gasteiger partial charge in [0.2, 0.25) is 0 Å². The molecule has 1 unspecified atom stereocenters. The minimum absolute atomic E-state index is 0.0495. The van der Waals surface area contributed by atoms with Crippen LogP contribution in [-0.2, 0) is 7.05 Å². The van der Waals surface area contributed by atoms with Crippen molar-refractivity contribution in [2.75, 3.05) is 19.6 Å². The van der Waals surface area contributed by atoms with E-state index in [1.807, 2.05) is 52.0 Å². The summed E-state index contributed by atoms with van der Waals surface area (Å²) in [5.41, 5.74) is 3.72. The number of carbonyl (C=O) groups is 1. The number of rotatable bonds is 4. The van der Waals surface area contributed by atoms with Gasteiger partial charge < -0.3 is 19.7 Å². The van der Waals surface area contributed by atoms with Crippen LogP contribution in [0.25, 0.3) is 22.2 Å². The molecule has 1 amide bonds. The molecule has 166 valence electrons. The number of amides is 1. The second kappa shape index (κ2) is 6.88. The predicted molar refractivity (Wildman–Crippen MR) is 121 cm³/mol. The highest BCUT2D eigenvalue weighted by atomic mass is 16.4. The summed E-state index contributed by atoms with van der Waals surface area (Å²) >= 11 is 0. The van der Waals surface area contributed by atoms with Crippen LogP contribution in [-0.4, -0.2) is 72.5 Å². The molecule has 1 saturated heterocycles. The lowest BCUT2D eigenvalue weighted by Crippen LogP contribution is -2.61. The largest absolute Gasteiger partial charge is 0.386 e. The number of benzene rings is 2. The summed E-state index contributed by atoms with van der Waals surface area (Å²) in [6.45, 7) is 1.79. The maximum absolute atomic E-state index is 13.3. The van der Waals surface area contributed by atoms with Gasteiger partial charge in [0, 0.05) is 32.2 Å². The van der Waals surface area contributed by atoms with Gasteiger partial charge in [0.1, 0.15) is 11.8 Å². The molecule has 32 heavy (non-hydrogen) atoms. The van der Waals surface area contributed by atoms with E-state index >= 15 is 0 Å². The van der Waals surface area contributed by atoms with Crippen molar-refractivity contribution in [1.29, 1.82) is 0 Å². The number of carbonyl (C=O) groups excluding carboxylic acids is 1. The van der Waals surface area contributed by atoms with E-state index in [0.717, 1.165) is 35.0 Å². The van der Waals surface area contributed by atoms with Gasteiger partial charge in [-0.1, -0.05) is 18.2 Å². The molecule has 7 nitrogen and oxygen atoms in total. The van der Waals surface area contributed by atoms with Gasteiger partial charge in [0.05, 0.1) is 22.9 Å². The average molecular weight is 433 g/mol. The molecule has 0 radical (unpaired) electrons. The number of hydrogen-bond donors (Lipinski definition) is 2. The van der Waals surface area contributed by atoms with Crippen molar-refractivity contribution < 1.29 is 15.0 Å². The van der Waals surface area contributed by atoms with E-state index in [0.29, 0.717) is 38.0 Å². The fourth-order valence-corrected chi connectivity index (χ4v) is 5.11. The van der Waals surface area contributed by atoms with Crippen LogP contribution in [0.2, 0.25) is 0 Å². The summed E-state index contributed by atoms with van der Waals surface area (Å²) in [5, 5.41) is 20.8. The number of fused-ring (bicyclic) bond motifs is 1. The van der Waals surface area contributed by atoms with Crippen LogP contribution >= 0.6 is 0 Å². The van der Waals surface area contributed by atoms with Gasteiger partial charge in [-0.05, 0) is 61.1 Å². The van der Waals surface area contributed by atoms with Crippen LogP contribution < -0.4 is 0 Å². The Morgan fingerprint density at radius 2 is 1.75 bits per heavy atom. The van der Waals surface area contributed by atoms with E-state index in [-0.39, 0.29) is 11.4 Å². The molecule has 1 aromatic heterocycles. The van der Waals surface area contributed by atoms with Crippen molar-refractivity contribution in [3.05, 3.63) is 54.4 Å². The molecular formula is C25H28N4O3. The van der Waals surface area contributed by atoms with Crippen LogP contribution in [0.15, 0.2) is 48.8 Å². The molecule has 1 aliphatic heterocycles. The molecule has 3 aliphatic rings. The van der Waals surface area contributed by atoms with Gasteiger partial charge in [0.25, 0.3) is 5.91 Å². The molecule has 3 aromatic rings. The zero-order valence-corrected chi connectivity index (χ0v) is 18.2. The fraction of sp³-hybridized carbons (Fsp3) is 0.440. The number of nitrogens with zero attached hydrogens (tertiary/aromatic N) is 4. The topological polar surface area (TPSA) is 81.8 Å². The normalized spacial score (nSPS) is 22.3. The molecule has 7 heteroatoms. The van der Waals surface area contributed by atoms with E-state index in [1.165, 1.54) is 0 Å². The smallest absolute Gasteiger partial charge is 0.254 e. The number of piperazine rings is 1. The minimum atomic E-state index is -0.948. The Morgan fingerprint density at radius 1 is 1.03 bits per heavy atom. The highest BCUT2D eigenvalue weighted by molar-refractivity contribution is 5.95.